The predicted octanol–water partition coefficient (Wildman–Crippen LogP) is 4.68. The molecule has 2 aromatic heterocycles. The molecule has 0 unspecified atom stereocenters. The van der Waals surface area contributed by atoms with Gasteiger partial charge in [0.25, 0.3) is 5.91 Å². The third-order valence-electron chi connectivity index (χ3n) is 5.50. The molecule has 2 heterocycles. The minimum atomic E-state index is -0.255. The number of carbonyl (C=O) groups excluding carboxylic acids is 1. The van der Waals surface area contributed by atoms with Gasteiger partial charge in [0.1, 0.15) is 12.1 Å². The van der Waals surface area contributed by atoms with Crippen LogP contribution in [0.5, 0.6) is 5.75 Å². The van der Waals surface area contributed by atoms with Crippen LogP contribution in [0.3, 0.4) is 0 Å². The quantitative estimate of drug-likeness (QED) is 0.210. The average Bonchev–Trinajstić information content (AvgIpc) is 3.40. The number of benzene rings is 2. The second kappa shape index (κ2) is 11.1. The number of aromatic nitrogens is 4. The maximum atomic E-state index is 12.5. The van der Waals surface area contributed by atoms with Gasteiger partial charge in [0.2, 0.25) is 0 Å². The van der Waals surface area contributed by atoms with E-state index in [-0.39, 0.29) is 5.91 Å². The Labute approximate surface area is 209 Å². The molecule has 35 heavy (non-hydrogen) atoms. The number of hydrazone groups is 1. The molecule has 0 atom stereocenters. The largest absolute Gasteiger partial charge is 0.494 e. The van der Waals surface area contributed by atoms with Crippen molar-refractivity contribution in [3.8, 4) is 11.4 Å². The lowest BCUT2D eigenvalue weighted by atomic mass is 10.1. The van der Waals surface area contributed by atoms with Gasteiger partial charge in [-0.25, -0.2) is 5.43 Å². The van der Waals surface area contributed by atoms with Gasteiger partial charge in [-0.15, -0.1) is 10.2 Å². The second-order valence-electron chi connectivity index (χ2n) is 8.00. The fourth-order valence-electron chi connectivity index (χ4n) is 3.70. The zero-order chi connectivity index (χ0) is 24.8. The van der Waals surface area contributed by atoms with E-state index in [0.717, 1.165) is 44.9 Å². The molecule has 0 fully saturated rings. The Morgan fingerprint density at radius 2 is 1.89 bits per heavy atom. The minimum absolute atomic E-state index is 0.255. The molecule has 0 saturated heterocycles. The summed E-state index contributed by atoms with van der Waals surface area (Å²) in [7, 11) is 1.91. The molecule has 1 amide bonds. The van der Waals surface area contributed by atoms with Crippen molar-refractivity contribution in [2.45, 2.75) is 31.7 Å². The van der Waals surface area contributed by atoms with E-state index in [9.17, 15) is 4.79 Å². The molecule has 180 valence electrons. The smallest absolute Gasteiger partial charge is 0.271 e. The number of hydrogen-bond acceptors (Lipinski definition) is 6. The molecule has 4 aromatic rings. The summed E-state index contributed by atoms with van der Waals surface area (Å²) < 4.78 is 9.56. The van der Waals surface area contributed by atoms with Crippen molar-refractivity contribution in [1.82, 2.24) is 24.8 Å². The Morgan fingerprint density at radius 1 is 1.14 bits per heavy atom. The summed E-state index contributed by atoms with van der Waals surface area (Å²) >= 11 is 1.60. The molecule has 4 rings (SSSR count). The van der Waals surface area contributed by atoms with E-state index < -0.39 is 0 Å². The molecule has 0 aliphatic heterocycles. The summed E-state index contributed by atoms with van der Waals surface area (Å²) in [6, 6.07) is 17.5. The highest BCUT2D eigenvalue weighted by Gasteiger charge is 2.10. The summed E-state index contributed by atoms with van der Waals surface area (Å²) in [6.07, 6.45) is 3.35. The summed E-state index contributed by atoms with van der Waals surface area (Å²) in [6.45, 7) is 6.68. The van der Waals surface area contributed by atoms with Crippen LogP contribution in [0.1, 0.15) is 39.8 Å². The van der Waals surface area contributed by atoms with Crippen LogP contribution >= 0.6 is 11.8 Å². The number of nitrogens with zero attached hydrogens (tertiary/aromatic N) is 5. The number of nitrogens with one attached hydrogen (secondary N) is 1. The predicted molar refractivity (Wildman–Crippen MR) is 138 cm³/mol. The van der Waals surface area contributed by atoms with Crippen LogP contribution in [0.2, 0.25) is 0 Å². The molecule has 0 spiro atoms. The SMILES string of the molecule is CCOc1ccc(-n2c(C)cc(/C=N/NC(=O)c3ccc(CSc4nncn4C)cc3)c2C)cc1. The molecular weight excluding hydrogens is 460 g/mol. The number of carbonyl (C=O) groups is 1. The van der Waals surface area contributed by atoms with E-state index in [1.54, 1.807) is 36.4 Å². The minimum Gasteiger partial charge on any atom is -0.494 e. The lowest BCUT2D eigenvalue weighted by Gasteiger charge is -2.10. The Hall–Kier alpha value is -3.85. The van der Waals surface area contributed by atoms with Crippen molar-refractivity contribution < 1.29 is 9.53 Å². The van der Waals surface area contributed by atoms with Crippen molar-refractivity contribution in [3.05, 3.63) is 89.0 Å². The molecule has 8 nitrogen and oxygen atoms in total. The van der Waals surface area contributed by atoms with Gasteiger partial charge in [-0.3, -0.25) is 4.79 Å². The number of amides is 1. The fraction of sp³-hybridized carbons (Fsp3) is 0.231. The van der Waals surface area contributed by atoms with Gasteiger partial charge in [-0.2, -0.15) is 5.10 Å². The fourth-order valence-corrected chi connectivity index (χ4v) is 4.55. The summed E-state index contributed by atoms with van der Waals surface area (Å²) in [5.74, 6) is 1.34. The normalized spacial score (nSPS) is 11.2. The molecule has 9 heteroatoms. The van der Waals surface area contributed by atoms with E-state index in [4.69, 9.17) is 4.74 Å². The standard InChI is InChI=1S/C26H28N6O2S/c1-5-34-24-12-10-23(11-13-24)32-18(2)14-22(19(32)3)15-27-29-25(33)21-8-6-20(7-9-21)16-35-26-30-28-17-31(26)4/h6-15,17H,5,16H2,1-4H3,(H,29,33)/b27-15+. The molecule has 2 aromatic carbocycles. The Bertz CT molecular complexity index is 1320. The number of rotatable bonds is 9. The first-order valence-electron chi connectivity index (χ1n) is 11.3. The Morgan fingerprint density at radius 3 is 2.54 bits per heavy atom. The zero-order valence-electron chi connectivity index (χ0n) is 20.2. The third-order valence-corrected chi connectivity index (χ3v) is 6.61. The number of ether oxygens (including phenoxy) is 1. The van der Waals surface area contributed by atoms with Crippen LogP contribution in [0, 0.1) is 13.8 Å². The van der Waals surface area contributed by atoms with E-state index in [1.807, 2.05) is 74.9 Å². The van der Waals surface area contributed by atoms with Gasteiger partial charge in [0.15, 0.2) is 5.16 Å². The summed E-state index contributed by atoms with van der Waals surface area (Å²) in [5, 5.41) is 13.0. The lowest BCUT2D eigenvalue weighted by Crippen LogP contribution is -2.17. The maximum absolute atomic E-state index is 12.5. The zero-order valence-corrected chi connectivity index (χ0v) is 21.0. The highest BCUT2D eigenvalue weighted by atomic mass is 32.2. The van der Waals surface area contributed by atoms with Crippen LogP contribution < -0.4 is 10.2 Å². The maximum Gasteiger partial charge on any atom is 0.271 e. The van der Waals surface area contributed by atoms with Crippen LogP contribution in [0.4, 0.5) is 0 Å². The Balaban J connectivity index is 1.37. The molecule has 0 aliphatic rings. The number of aryl methyl sites for hydroxylation is 2. The van der Waals surface area contributed by atoms with Gasteiger partial charge in [0, 0.05) is 41.0 Å². The van der Waals surface area contributed by atoms with Crippen molar-refractivity contribution in [2.75, 3.05) is 6.61 Å². The molecule has 0 radical (unpaired) electrons. The molecule has 0 saturated carbocycles. The van der Waals surface area contributed by atoms with Gasteiger partial charge < -0.3 is 13.9 Å². The topological polar surface area (TPSA) is 86.3 Å². The lowest BCUT2D eigenvalue weighted by molar-refractivity contribution is 0.0955. The third kappa shape index (κ3) is 5.81. The van der Waals surface area contributed by atoms with E-state index in [1.165, 1.54) is 0 Å². The first kappa shape index (κ1) is 24.3. The second-order valence-corrected chi connectivity index (χ2v) is 8.94. The number of thioether (sulfide) groups is 1. The van der Waals surface area contributed by atoms with Crippen LogP contribution in [-0.4, -0.2) is 38.1 Å². The molecular formula is C26H28N6O2S. The van der Waals surface area contributed by atoms with Crippen molar-refractivity contribution in [3.63, 3.8) is 0 Å². The number of hydrogen-bond donors (Lipinski definition) is 1. The van der Waals surface area contributed by atoms with Gasteiger partial charge in [0.05, 0.1) is 12.8 Å². The van der Waals surface area contributed by atoms with Crippen molar-refractivity contribution in [2.24, 2.45) is 12.1 Å². The van der Waals surface area contributed by atoms with Crippen LogP contribution in [0.25, 0.3) is 5.69 Å². The van der Waals surface area contributed by atoms with Crippen molar-refractivity contribution >= 4 is 23.9 Å². The van der Waals surface area contributed by atoms with Gasteiger partial charge in [-0.05, 0) is 68.8 Å². The first-order chi connectivity index (χ1) is 17.0. The van der Waals surface area contributed by atoms with Crippen LogP contribution in [-0.2, 0) is 12.8 Å². The summed E-state index contributed by atoms with van der Waals surface area (Å²) in [4.78, 5) is 12.5. The molecule has 1 N–H and O–H groups in total. The average molecular weight is 489 g/mol. The van der Waals surface area contributed by atoms with E-state index in [0.29, 0.717) is 12.2 Å². The van der Waals surface area contributed by atoms with Crippen LogP contribution in [0.15, 0.2) is 71.2 Å². The first-order valence-corrected chi connectivity index (χ1v) is 12.3. The van der Waals surface area contributed by atoms with Gasteiger partial charge in [-0.1, -0.05) is 23.9 Å². The molecule has 0 bridgehead atoms. The molecule has 0 aliphatic carbocycles. The van der Waals surface area contributed by atoms with Crippen molar-refractivity contribution in [1.29, 1.82) is 0 Å². The monoisotopic (exact) mass is 488 g/mol. The van der Waals surface area contributed by atoms with E-state index >= 15 is 0 Å². The highest BCUT2D eigenvalue weighted by Crippen LogP contribution is 2.22. The van der Waals surface area contributed by atoms with Gasteiger partial charge >= 0.3 is 0 Å². The van der Waals surface area contributed by atoms with E-state index in [2.05, 4.69) is 25.3 Å². The highest BCUT2D eigenvalue weighted by molar-refractivity contribution is 7.98. The Kier molecular flexibility index (Phi) is 7.67. The summed E-state index contributed by atoms with van der Waals surface area (Å²) in [5.41, 5.74) is 8.37.